The lowest BCUT2D eigenvalue weighted by molar-refractivity contribution is 0.0837. The number of hydrogen-bond donors (Lipinski definition) is 2. The molecule has 0 saturated carbocycles. The van der Waals surface area contributed by atoms with Gasteiger partial charge in [0.2, 0.25) is 5.88 Å². The highest BCUT2D eigenvalue weighted by Crippen LogP contribution is 2.39. The number of piperidine rings is 1. The van der Waals surface area contributed by atoms with Gasteiger partial charge >= 0.3 is 0 Å². The molecule has 4 heterocycles. The van der Waals surface area contributed by atoms with E-state index in [0.29, 0.717) is 30.0 Å². The van der Waals surface area contributed by atoms with Gasteiger partial charge in [0.25, 0.3) is 0 Å². The Bertz CT molecular complexity index is 1010. The van der Waals surface area contributed by atoms with E-state index in [1.54, 1.807) is 47.6 Å². The molecule has 0 radical (unpaired) electrons. The number of hydrogen-bond acceptors (Lipinski definition) is 6. The van der Waals surface area contributed by atoms with Crippen LogP contribution in [0.2, 0.25) is 0 Å². The lowest BCUT2D eigenvalue weighted by Crippen LogP contribution is -2.53. The lowest BCUT2D eigenvalue weighted by atomic mass is 9.90. The smallest absolute Gasteiger partial charge is 0.233 e. The van der Waals surface area contributed by atoms with Crippen LogP contribution in [-0.4, -0.2) is 48.7 Å². The molecule has 2 fully saturated rings. The van der Waals surface area contributed by atoms with Crippen LogP contribution in [0, 0.1) is 0 Å². The third kappa shape index (κ3) is 3.33. The SMILES string of the molecule is C[C@]12C[C@@H](Oc3ccc(-c4ccc(-n5ccnc5)cc4O)nn3)CC(C[C@@H]1F)N2. The maximum Gasteiger partial charge on any atom is 0.233 e. The first-order valence-corrected chi connectivity index (χ1v) is 9.74. The predicted molar refractivity (Wildman–Crippen MR) is 105 cm³/mol. The minimum atomic E-state index is -0.845. The summed E-state index contributed by atoms with van der Waals surface area (Å²) in [6.45, 7) is 1.91. The van der Waals surface area contributed by atoms with Crippen LogP contribution in [0.4, 0.5) is 4.39 Å². The number of ether oxygens (including phenoxy) is 1. The average Bonchev–Trinajstić information content (AvgIpc) is 3.29. The summed E-state index contributed by atoms with van der Waals surface area (Å²) in [7, 11) is 0. The molecule has 2 bridgehead atoms. The Morgan fingerprint density at radius 1 is 1.24 bits per heavy atom. The number of nitrogens with zero attached hydrogens (tertiary/aromatic N) is 4. The molecule has 150 valence electrons. The number of halogens is 1. The highest BCUT2D eigenvalue weighted by molar-refractivity contribution is 5.68. The number of imidazole rings is 1. The van der Waals surface area contributed by atoms with Crippen molar-refractivity contribution in [1.82, 2.24) is 25.1 Å². The monoisotopic (exact) mass is 395 g/mol. The van der Waals surface area contributed by atoms with E-state index >= 15 is 0 Å². The van der Waals surface area contributed by atoms with E-state index in [1.165, 1.54) is 0 Å². The molecule has 2 aromatic heterocycles. The van der Waals surface area contributed by atoms with Crippen LogP contribution < -0.4 is 10.1 Å². The molecule has 2 N–H and O–H groups in total. The summed E-state index contributed by atoms with van der Waals surface area (Å²) < 4.78 is 22.0. The highest BCUT2D eigenvalue weighted by atomic mass is 19.1. The van der Waals surface area contributed by atoms with Gasteiger partial charge in [-0.25, -0.2) is 9.37 Å². The zero-order valence-corrected chi connectivity index (χ0v) is 16.0. The van der Waals surface area contributed by atoms with Gasteiger partial charge in [0.15, 0.2) is 0 Å². The Hall–Kier alpha value is -3.00. The van der Waals surface area contributed by atoms with Gasteiger partial charge in [-0.05, 0) is 38.0 Å². The minimum absolute atomic E-state index is 0.0879. The zero-order valence-electron chi connectivity index (χ0n) is 16.0. The number of phenolic OH excluding ortho intramolecular Hbond substituents is 1. The predicted octanol–water partition coefficient (Wildman–Crippen LogP) is 3.03. The largest absolute Gasteiger partial charge is 0.507 e. The molecule has 2 saturated heterocycles. The maximum absolute atomic E-state index is 14.2. The van der Waals surface area contributed by atoms with Crippen molar-refractivity contribution in [2.24, 2.45) is 0 Å². The first-order chi connectivity index (χ1) is 14.0. The quantitative estimate of drug-likeness (QED) is 0.706. The normalized spacial score (nSPS) is 28.4. The highest BCUT2D eigenvalue weighted by Gasteiger charge is 2.50. The van der Waals surface area contributed by atoms with E-state index < -0.39 is 11.7 Å². The van der Waals surface area contributed by atoms with Crippen LogP contribution >= 0.6 is 0 Å². The van der Waals surface area contributed by atoms with Crippen molar-refractivity contribution in [3.8, 4) is 28.6 Å². The summed E-state index contributed by atoms with van der Waals surface area (Å²) in [5.74, 6) is 0.518. The third-order valence-electron chi connectivity index (χ3n) is 5.90. The molecule has 2 aliphatic rings. The first-order valence-electron chi connectivity index (χ1n) is 9.74. The second-order valence-corrected chi connectivity index (χ2v) is 8.07. The molecule has 0 amide bonds. The molecule has 0 spiro atoms. The summed E-state index contributed by atoms with van der Waals surface area (Å²) in [4.78, 5) is 4.01. The van der Waals surface area contributed by atoms with E-state index in [1.807, 2.05) is 13.0 Å². The summed E-state index contributed by atoms with van der Waals surface area (Å²) in [6.07, 6.45) is 6.11. The summed E-state index contributed by atoms with van der Waals surface area (Å²) in [5.41, 5.74) is 1.41. The van der Waals surface area contributed by atoms with Crippen LogP contribution in [0.3, 0.4) is 0 Å². The van der Waals surface area contributed by atoms with Crippen LogP contribution in [-0.2, 0) is 0 Å². The molecule has 7 nitrogen and oxygen atoms in total. The van der Waals surface area contributed by atoms with E-state index in [-0.39, 0.29) is 17.9 Å². The number of aromatic nitrogens is 4. The molecule has 4 atom stereocenters. The molecule has 5 rings (SSSR count). The van der Waals surface area contributed by atoms with Crippen molar-refractivity contribution in [1.29, 1.82) is 0 Å². The van der Waals surface area contributed by atoms with Gasteiger partial charge in [-0.2, -0.15) is 0 Å². The van der Waals surface area contributed by atoms with Crippen LogP contribution in [0.15, 0.2) is 49.1 Å². The molecule has 1 aromatic carbocycles. The van der Waals surface area contributed by atoms with Crippen LogP contribution in [0.25, 0.3) is 16.9 Å². The van der Waals surface area contributed by atoms with Gasteiger partial charge in [-0.1, -0.05) is 0 Å². The van der Waals surface area contributed by atoms with Crippen LogP contribution in [0.5, 0.6) is 11.6 Å². The van der Waals surface area contributed by atoms with Gasteiger partial charge in [0.1, 0.15) is 18.0 Å². The van der Waals surface area contributed by atoms with Crippen molar-refractivity contribution < 1.29 is 14.2 Å². The number of rotatable bonds is 4. The summed E-state index contributed by atoms with van der Waals surface area (Å²) in [6, 6.07) is 8.98. The second kappa shape index (κ2) is 6.81. The van der Waals surface area contributed by atoms with Crippen molar-refractivity contribution in [2.75, 3.05) is 0 Å². The molecular weight excluding hydrogens is 373 g/mol. The molecule has 0 aliphatic carbocycles. The summed E-state index contributed by atoms with van der Waals surface area (Å²) >= 11 is 0. The maximum atomic E-state index is 14.2. The molecule has 3 aromatic rings. The molecule has 8 heteroatoms. The van der Waals surface area contributed by atoms with Crippen molar-refractivity contribution >= 4 is 0 Å². The molecule has 29 heavy (non-hydrogen) atoms. The molecular formula is C21H22FN5O2. The fraction of sp³-hybridized carbons (Fsp3) is 0.381. The van der Waals surface area contributed by atoms with E-state index in [9.17, 15) is 9.50 Å². The zero-order chi connectivity index (χ0) is 20.0. The Labute approximate surface area is 167 Å². The van der Waals surface area contributed by atoms with E-state index in [0.717, 1.165) is 12.1 Å². The van der Waals surface area contributed by atoms with E-state index in [2.05, 4.69) is 20.5 Å². The second-order valence-electron chi connectivity index (χ2n) is 8.07. The third-order valence-corrected chi connectivity index (χ3v) is 5.90. The average molecular weight is 395 g/mol. The lowest BCUT2D eigenvalue weighted by Gasteiger charge is -2.36. The number of nitrogens with one attached hydrogen (secondary N) is 1. The molecule has 1 unspecified atom stereocenters. The number of fused-ring (bicyclic) bond motifs is 2. The van der Waals surface area contributed by atoms with Gasteiger partial charge in [0, 0.05) is 42.6 Å². The Kier molecular flexibility index (Phi) is 4.24. The standard InChI is InChI=1S/C21H22FN5O2/c1-21-11-15(8-13(24-21)9-19(21)22)29-20-5-4-17(25-26-20)16-3-2-14(10-18(16)28)27-7-6-23-12-27/h2-7,10,12-13,15,19,24,28H,8-9,11H2,1H3/t13?,15-,19-,21-/m0/s1. The van der Waals surface area contributed by atoms with Gasteiger partial charge in [0.05, 0.1) is 23.2 Å². The number of alkyl halides is 1. The first kappa shape index (κ1) is 18.1. The Morgan fingerprint density at radius 2 is 2.14 bits per heavy atom. The van der Waals surface area contributed by atoms with Crippen molar-refractivity contribution in [3.63, 3.8) is 0 Å². The van der Waals surface area contributed by atoms with Crippen molar-refractivity contribution in [2.45, 2.75) is 50.0 Å². The number of aromatic hydroxyl groups is 1. The van der Waals surface area contributed by atoms with Gasteiger partial charge < -0.3 is 19.7 Å². The Balaban J connectivity index is 1.31. The summed E-state index contributed by atoms with van der Waals surface area (Å²) in [5, 5.41) is 22.1. The van der Waals surface area contributed by atoms with Gasteiger partial charge in [-0.15, -0.1) is 10.2 Å². The number of phenols is 1. The van der Waals surface area contributed by atoms with Crippen LogP contribution in [0.1, 0.15) is 26.2 Å². The van der Waals surface area contributed by atoms with Crippen molar-refractivity contribution in [3.05, 3.63) is 49.1 Å². The fourth-order valence-corrected chi connectivity index (χ4v) is 4.44. The van der Waals surface area contributed by atoms with E-state index in [4.69, 9.17) is 4.74 Å². The topological polar surface area (TPSA) is 85.1 Å². The number of benzene rings is 1. The Morgan fingerprint density at radius 3 is 2.83 bits per heavy atom. The molecule has 2 aliphatic heterocycles. The van der Waals surface area contributed by atoms with Gasteiger partial charge in [-0.3, -0.25) is 0 Å². The fourth-order valence-electron chi connectivity index (χ4n) is 4.44. The minimum Gasteiger partial charge on any atom is -0.507 e.